The van der Waals surface area contributed by atoms with Gasteiger partial charge in [-0.2, -0.15) is 0 Å². The molecule has 2 saturated heterocycles. The average molecular weight is 676 g/mol. The number of fused-ring (bicyclic) bond motifs is 4. The van der Waals surface area contributed by atoms with Crippen LogP contribution in [-0.2, 0) is 19.2 Å². The highest BCUT2D eigenvalue weighted by Crippen LogP contribution is 2.66. The second-order valence-corrected chi connectivity index (χ2v) is 14.3. The fraction of sp³-hybridized carbons (Fsp3) is 0.455. The van der Waals surface area contributed by atoms with E-state index in [1.807, 2.05) is 6.08 Å². The Morgan fingerprint density at radius 1 is 0.956 bits per heavy atom. The van der Waals surface area contributed by atoms with Gasteiger partial charge in [0, 0.05) is 12.0 Å². The predicted octanol–water partition coefficient (Wildman–Crippen LogP) is 6.09. The molecule has 0 spiro atoms. The lowest BCUT2D eigenvalue weighted by Crippen LogP contribution is -2.60. The Morgan fingerprint density at radius 3 is 2.31 bits per heavy atom. The molecule has 6 atom stereocenters. The molecule has 4 fully saturated rings. The van der Waals surface area contributed by atoms with Crippen molar-refractivity contribution in [3.05, 3.63) is 64.5 Å². The van der Waals surface area contributed by atoms with Crippen LogP contribution in [0.25, 0.3) is 0 Å². The number of nitrogens with zero attached hydrogens (tertiary/aromatic N) is 2. The SMILES string of the molecule is COc1cc(C2C3=CCC4C(=O)N(C5CCCCC5)C(=O)C4C3CC3(Cl)C(=O)N(c4ccc(F)cc4)C(=O)C23Cl)cc(Cl)c1O. The summed E-state index contributed by atoms with van der Waals surface area (Å²) in [4.78, 5) is 54.9. The van der Waals surface area contributed by atoms with Gasteiger partial charge in [-0.1, -0.05) is 42.5 Å². The minimum Gasteiger partial charge on any atom is -0.503 e. The smallest absolute Gasteiger partial charge is 0.258 e. The summed E-state index contributed by atoms with van der Waals surface area (Å²) in [7, 11) is 1.34. The van der Waals surface area contributed by atoms with Crippen molar-refractivity contribution in [3.8, 4) is 11.5 Å². The summed E-state index contributed by atoms with van der Waals surface area (Å²) >= 11 is 21.2. The number of carbonyl (C=O) groups excluding carboxylic acids is 4. The highest BCUT2D eigenvalue weighted by Gasteiger charge is 2.76. The summed E-state index contributed by atoms with van der Waals surface area (Å²) in [6.07, 6.45) is 6.34. The molecule has 236 valence electrons. The number of imide groups is 2. The van der Waals surface area contributed by atoms with E-state index < -0.39 is 51.1 Å². The van der Waals surface area contributed by atoms with Gasteiger partial charge < -0.3 is 9.84 Å². The number of rotatable bonds is 4. The van der Waals surface area contributed by atoms with Gasteiger partial charge in [0.05, 0.1) is 29.7 Å². The number of anilines is 1. The molecule has 0 bridgehead atoms. The van der Waals surface area contributed by atoms with Gasteiger partial charge in [-0.05, 0) is 73.6 Å². The number of ether oxygens (including phenoxy) is 1. The molecule has 2 aromatic rings. The first-order valence-electron chi connectivity index (χ1n) is 15.1. The lowest BCUT2D eigenvalue weighted by Gasteiger charge is -2.50. The number of phenolic OH excluding ortho intramolecular Hbond substituents is 1. The van der Waals surface area contributed by atoms with Crippen molar-refractivity contribution in [2.75, 3.05) is 12.0 Å². The molecule has 8 nitrogen and oxygen atoms in total. The van der Waals surface area contributed by atoms with E-state index in [9.17, 15) is 28.7 Å². The Bertz CT molecular complexity index is 1680. The number of hydrogen-bond acceptors (Lipinski definition) is 6. The molecule has 6 unspecified atom stereocenters. The summed E-state index contributed by atoms with van der Waals surface area (Å²) < 4.78 is 19.2. The summed E-state index contributed by atoms with van der Waals surface area (Å²) in [5.74, 6) is -6.23. The zero-order valence-electron chi connectivity index (χ0n) is 24.3. The van der Waals surface area contributed by atoms with Crippen molar-refractivity contribution in [3.63, 3.8) is 0 Å². The van der Waals surface area contributed by atoms with Gasteiger partial charge >= 0.3 is 0 Å². The number of likely N-dealkylation sites (tertiary alicyclic amines) is 1. The fourth-order valence-corrected chi connectivity index (χ4v) is 9.57. The maximum atomic E-state index is 14.5. The van der Waals surface area contributed by atoms with Crippen LogP contribution < -0.4 is 9.64 Å². The number of carbonyl (C=O) groups is 4. The highest BCUT2D eigenvalue weighted by molar-refractivity contribution is 6.58. The molecule has 5 aliphatic rings. The van der Waals surface area contributed by atoms with E-state index in [1.165, 1.54) is 36.3 Å². The molecule has 2 aliphatic heterocycles. The lowest BCUT2D eigenvalue weighted by molar-refractivity contribution is -0.143. The molecule has 2 aromatic carbocycles. The topological polar surface area (TPSA) is 104 Å². The van der Waals surface area contributed by atoms with Crippen LogP contribution in [0, 0.1) is 23.6 Å². The molecule has 0 radical (unpaired) electrons. The normalized spacial score (nSPS) is 33.2. The van der Waals surface area contributed by atoms with E-state index in [-0.39, 0.29) is 52.9 Å². The van der Waals surface area contributed by atoms with Crippen LogP contribution in [0.4, 0.5) is 10.1 Å². The van der Waals surface area contributed by atoms with E-state index >= 15 is 0 Å². The minimum atomic E-state index is -2.12. The van der Waals surface area contributed by atoms with Gasteiger partial charge in [0.1, 0.15) is 5.82 Å². The Balaban J connectivity index is 1.40. The van der Waals surface area contributed by atoms with Crippen LogP contribution in [0.1, 0.15) is 56.4 Å². The molecular formula is C33H30Cl3FN2O6. The van der Waals surface area contributed by atoms with Crippen LogP contribution in [0.5, 0.6) is 11.5 Å². The van der Waals surface area contributed by atoms with Gasteiger partial charge in [-0.15, -0.1) is 23.2 Å². The van der Waals surface area contributed by atoms with E-state index in [1.54, 1.807) is 0 Å². The Kier molecular flexibility index (Phi) is 7.26. The zero-order chi connectivity index (χ0) is 32.0. The number of hydrogen-bond donors (Lipinski definition) is 1. The maximum Gasteiger partial charge on any atom is 0.258 e. The number of allylic oxidation sites excluding steroid dienone is 2. The minimum absolute atomic E-state index is 0.0112. The number of phenols is 1. The summed E-state index contributed by atoms with van der Waals surface area (Å²) in [5.41, 5.74) is 1.03. The van der Waals surface area contributed by atoms with Gasteiger partial charge in [0.15, 0.2) is 21.2 Å². The first-order valence-corrected chi connectivity index (χ1v) is 16.2. The number of alkyl halides is 2. The lowest BCUT2D eigenvalue weighted by atomic mass is 9.56. The largest absolute Gasteiger partial charge is 0.503 e. The third kappa shape index (κ3) is 4.16. The first kappa shape index (κ1) is 30.5. The number of aromatic hydroxyl groups is 1. The molecule has 0 aromatic heterocycles. The highest BCUT2D eigenvalue weighted by atomic mass is 35.5. The van der Waals surface area contributed by atoms with Crippen molar-refractivity contribution in [1.29, 1.82) is 0 Å². The van der Waals surface area contributed by atoms with Gasteiger partial charge in [0.25, 0.3) is 11.8 Å². The maximum absolute atomic E-state index is 14.5. The third-order valence-electron chi connectivity index (χ3n) is 10.5. The summed E-state index contributed by atoms with van der Waals surface area (Å²) in [5, 5.41) is 10.4. The van der Waals surface area contributed by atoms with Crippen molar-refractivity contribution < 1.29 is 33.4 Å². The fourth-order valence-electron chi connectivity index (χ4n) is 8.41. The molecule has 2 heterocycles. The van der Waals surface area contributed by atoms with Crippen LogP contribution in [-0.4, -0.2) is 56.5 Å². The Labute approximate surface area is 274 Å². The molecule has 3 aliphatic carbocycles. The van der Waals surface area contributed by atoms with Crippen molar-refractivity contribution in [2.45, 2.75) is 66.7 Å². The van der Waals surface area contributed by atoms with Crippen molar-refractivity contribution in [1.82, 2.24) is 4.90 Å². The van der Waals surface area contributed by atoms with Gasteiger partial charge in [0.2, 0.25) is 11.8 Å². The summed E-state index contributed by atoms with van der Waals surface area (Å²) in [6, 6.07) is 7.58. The number of benzene rings is 2. The average Bonchev–Trinajstić information content (AvgIpc) is 3.37. The second kappa shape index (κ2) is 10.7. The van der Waals surface area contributed by atoms with E-state index in [4.69, 9.17) is 39.5 Å². The standard InChI is InChI=1S/C33H30Cl3FN2O6/c1-45-24-14-16(13-23(34)27(24)40)26-20-11-12-21-25(29(42)38(28(21)41)18-5-3-2-4-6-18)22(20)15-32(35)30(43)39(31(44)33(26,32)36)19-9-7-17(37)8-10-19/h7-11,13-14,18,21-22,25-26,40H,2-6,12,15H2,1H3. The molecule has 45 heavy (non-hydrogen) atoms. The van der Waals surface area contributed by atoms with Crippen LogP contribution in [0.2, 0.25) is 5.02 Å². The summed E-state index contributed by atoms with van der Waals surface area (Å²) in [6.45, 7) is 0. The van der Waals surface area contributed by atoms with Gasteiger partial charge in [-0.25, -0.2) is 9.29 Å². The third-order valence-corrected chi connectivity index (χ3v) is 12.2. The number of halogens is 4. The van der Waals surface area contributed by atoms with E-state index in [0.717, 1.165) is 49.1 Å². The molecule has 4 amide bonds. The molecule has 1 N–H and O–H groups in total. The van der Waals surface area contributed by atoms with Crippen molar-refractivity contribution in [2.24, 2.45) is 17.8 Å². The zero-order valence-corrected chi connectivity index (χ0v) is 26.5. The predicted molar refractivity (Wildman–Crippen MR) is 165 cm³/mol. The van der Waals surface area contributed by atoms with Crippen LogP contribution in [0.15, 0.2) is 48.0 Å². The van der Waals surface area contributed by atoms with E-state index in [2.05, 4.69) is 0 Å². The number of amides is 4. The Morgan fingerprint density at radius 2 is 1.64 bits per heavy atom. The first-order chi connectivity index (χ1) is 21.4. The second-order valence-electron chi connectivity index (χ2n) is 12.6. The molecule has 2 saturated carbocycles. The van der Waals surface area contributed by atoms with Crippen molar-refractivity contribution >= 4 is 64.1 Å². The van der Waals surface area contributed by atoms with Crippen LogP contribution >= 0.6 is 34.8 Å². The van der Waals surface area contributed by atoms with Crippen LogP contribution in [0.3, 0.4) is 0 Å². The van der Waals surface area contributed by atoms with Gasteiger partial charge in [-0.3, -0.25) is 24.1 Å². The van der Waals surface area contributed by atoms with E-state index in [0.29, 0.717) is 11.1 Å². The molecular weight excluding hydrogens is 646 g/mol. The molecule has 12 heteroatoms. The quantitative estimate of drug-likeness (QED) is 0.239. The number of methoxy groups -OCH3 is 1. The Hall–Kier alpha value is -3.14. The monoisotopic (exact) mass is 674 g/mol. The molecule has 7 rings (SSSR count).